The van der Waals surface area contributed by atoms with Crippen LogP contribution in [0.4, 0.5) is 11.5 Å². The number of aromatic nitrogens is 1. The van der Waals surface area contributed by atoms with Gasteiger partial charge in [0.25, 0.3) is 5.91 Å². The maximum Gasteiger partial charge on any atom is 0.255 e. The van der Waals surface area contributed by atoms with E-state index in [2.05, 4.69) is 10.3 Å². The summed E-state index contributed by atoms with van der Waals surface area (Å²) >= 11 is 5.95. The van der Waals surface area contributed by atoms with Gasteiger partial charge < -0.3 is 15.8 Å². The first-order chi connectivity index (χ1) is 12.9. The van der Waals surface area contributed by atoms with Crippen LogP contribution >= 0.6 is 11.6 Å². The van der Waals surface area contributed by atoms with Gasteiger partial charge in [0.05, 0.1) is 5.02 Å². The highest BCUT2D eigenvalue weighted by molar-refractivity contribution is 6.30. The van der Waals surface area contributed by atoms with Crippen molar-refractivity contribution in [3.8, 4) is 5.75 Å². The second-order valence-corrected chi connectivity index (χ2v) is 6.68. The van der Waals surface area contributed by atoms with E-state index in [-0.39, 0.29) is 17.8 Å². The minimum atomic E-state index is -0.334. The fourth-order valence-electron chi connectivity index (χ4n) is 2.64. The van der Waals surface area contributed by atoms with E-state index in [0.29, 0.717) is 16.3 Å². The third-order valence-electron chi connectivity index (χ3n) is 4.05. The molecule has 0 spiro atoms. The maximum absolute atomic E-state index is 12.6. The number of nitrogen functional groups attached to an aromatic ring is 1. The highest BCUT2D eigenvalue weighted by atomic mass is 35.5. The largest absolute Gasteiger partial charge is 0.482 e. The van der Waals surface area contributed by atoms with Crippen LogP contribution in [0.25, 0.3) is 0 Å². The number of hydrogen-bond donors (Lipinski definition) is 2. The standard InChI is InChI=1S/C21H20ClN3O2/c1-13-5-3-8-18(9-13)25-21(26)16-7-4-6-15(10-16)14(2)27-19-11-17(22)12-24-20(19)23/h3-12,14H,1-2H3,(H2,23,24)(H,25,26)/t14-/m0/s1. The first-order valence-electron chi connectivity index (χ1n) is 8.48. The summed E-state index contributed by atoms with van der Waals surface area (Å²) in [5, 5.41) is 3.35. The number of ether oxygens (including phenoxy) is 1. The molecule has 0 aliphatic carbocycles. The summed E-state index contributed by atoms with van der Waals surface area (Å²) in [4.78, 5) is 16.5. The molecular weight excluding hydrogens is 362 g/mol. The molecule has 3 aromatic rings. The molecule has 3 rings (SSSR count). The molecule has 0 aliphatic rings. The van der Waals surface area contributed by atoms with Crippen molar-refractivity contribution in [2.45, 2.75) is 20.0 Å². The lowest BCUT2D eigenvalue weighted by Gasteiger charge is -2.17. The number of hydrogen-bond acceptors (Lipinski definition) is 4. The van der Waals surface area contributed by atoms with E-state index >= 15 is 0 Å². The monoisotopic (exact) mass is 381 g/mol. The lowest BCUT2D eigenvalue weighted by atomic mass is 10.1. The molecule has 138 valence electrons. The summed E-state index contributed by atoms with van der Waals surface area (Å²) < 4.78 is 5.88. The lowest BCUT2D eigenvalue weighted by molar-refractivity contribution is 0.102. The van der Waals surface area contributed by atoms with E-state index in [1.807, 2.05) is 50.2 Å². The number of pyridine rings is 1. The average Bonchev–Trinajstić information content (AvgIpc) is 2.65. The van der Waals surface area contributed by atoms with Crippen LogP contribution < -0.4 is 15.8 Å². The Kier molecular flexibility index (Phi) is 5.62. The summed E-state index contributed by atoms with van der Waals surface area (Å²) in [6, 6.07) is 16.5. The Morgan fingerprint density at radius 2 is 1.96 bits per heavy atom. The van der Waals surface area contributed by atoms with E-state index in [0.717, 1.165) is 16.8 Å². The third-order valence-corrected chi connectivity index (χ3v) is 4.25. The molecule has 5 nitrogen and oxygen atoms in total. The van der Waals surface area contributed by atoms with Gasteiger partial charge in [0.2, 0.25) is 0 Å². The van der Waals surface area contributed by atoms with E-state index < -0.39 is 0 Å². The smallest absolute Gasteiger partial charge is 0.255 e. The molecule has 0 bridgehead atoms. The molecule has 0 aliphatic heterocycles. The van der Waals surface area contributed by atoms with Gasteiger partial charge in [-0.3, -0.25) is 4.79 Å². The lowest BCUT2D eigenvalue weighted by Crippen LogP contribution is -2.13. The number of halogens is 1. The van der Waals surface area contributed by atoms with Gasteiger partial charge in [-0.05, 0) is 49.2 Å². The van der Waals surface area contributed by atoms with Crippen molar-refractivity contribution in [3.63, 3.8) is 0 Å². The molecule has 0 fully saturated rings. The Labute approximate surface area is 163 Å². The minimum absolute atomic E-state index is 0.182. The third kappa shape index (κ3) is 4.77. The van der Waals surface area contributed by atoms with E-state index in [1.165, 1.54) is 6.20 Å². The van der Waals surface area contributed by atoms with Gasteiger partial charge in [0, 0.05) is 23.5 Å². The van der Waals surface area contributed by atoms with Crippen molar-refractivity contribution in [2.24, 2.45) is 0 Å². The number of rotatable bonds is 5. The summed E-state index contributed by atoms with van der Waals surface area (Å²) in [6.45, 7) is 3.85. The van der Waals surface area contributed by atoms with Gasteiger partial charge in [-0.15, -0.1) is 0 Å². The SMILES string of the molecule is Cc1cccc(NC(=O)c2cccc([C@H](C)Oc3cc(Cl)cnc3N)c2)c1. The molecular formula is C21H20ClN3O2. The number of aryl methyl sites for hydroxylation is 1. The first-order valence-corrected chi connectivity index (χ1v) is 8.86. The van der Waals surface area contributed by atoms with Crippen molar-refractivity contribution in [3.05, 3.63) is 82.5 Å². The number of carbonyl (C=O) groups excluding carboxylic acids is 1. The number of amides is 1. The van der Waals surface area contributed by atoms with Crippen LogP contribution in [0.2, 0.25) is 5.02 Å². The Balaban J connectivity index is 1.76. The van der Waals surface area contributed by atoms with Gasteiger partial charge in [0.15, 0.2) is 11.6 Å². The quantitative estimate of drug-likeness (QED) is 0.650. The molecule has 1 aromatic heterocycles. The molecule has 1 atom stereocenters. The van der Waals surface area contributed by atoms with Crippen LogP contribution in [0.5, 0.6) is 5.75 Å². The topological polar surface area (TPSA) is 77.2 Å². The van der Waals surface area contributed by atoms with E-state index in [9.17, 15) is 4.79 Å². The molecule has 27 heavy (non-hydrogen) atoms. The number of anilines is 2. The zero-order valence-electron chi connectivity index (χ0n) is 15.1. The van der Waals surface area contributed by atoms with Crippen LogP contribution in [0.1, 0.15) is 34.5 Å². The molecule has 1 heterocycles. The number of nitrogens with zero attached hydrogens (tertiary/aromatic N) is 1. The first kappa shape index (κ1) is 18.7. The normalized spacial score (nSPS) is 11.7. The summed E-state index contributed by atoms with van der Waals surface area (Å²) in [5.41, 5.74) is 9.05. The van der Waals surface area contributed by atoms with Gasteiger partial charge in [0.1, 0.15) is 6.10 Å². The van der Waals surface area contributed by atoms with Gasteiger partial charge in [-0.1, -0.05) is 35.9 Å². The average molecular weight is 382 g/mol. The number of nitrogens with one attached hydrogen (secondary N) is 1. The predicted octanol–water partition coefficient (Wildman–Crippen LogP) is 5.02. The Hall–Kier alpha value is -3.05. The highest BCUT2D eigenvalue weighted by Gasteiger charge is 2.14. The molecule has 6 heteroatoms. The van der Waals surface area contributed by atoms with E-state index in [1.54, 1.807) is 18.2 Å². The summed E-state index contributed by atoms with van der Waals surface area (Å²) in [7, 11) is 0. The van der Waals surface area contributed by atoms with Crippen LogP contribution in [0.3, 0.4) is 0 Å². The van der Waals surface area contributed by atoms with Crippen molar-refractivity contribution in [1.29, 1.82) is 0 Å². The molecule has 1 amide bonds. The number of carbonyl (C=O) groups is 1. The molecule has 0 unspecified atom stereocenters. The van der Waals surface area contributed by atoms with Crippen LogP contribution in [-0.4, -0.2) is 10.9 Å². The number of nitrogens with two attached hydrogens (primary N) is 1. The van der Waals surface area contributed by atoms with E-state index in [4.69, 9.17) is 22.1 Å². The zero-order valence-corrected chi connectivity index (χ0v) is 15.8. The predicted molar refractivity (Wildman–Crippen MR) is 108 cm³/mol. The zero-order chi connectivity index (χ0) is 19.4. The molecule has 3 N–H and O–H groups in total. The Bertz CT molecular complexity index is 975. The van der Waals surface area contributed by atoms with Crippen molar-refractivity contribution >= 4 is 29.0 Å². The fourth-order valence-corrected chi connectivity index (χ4v) is 2.79. The van der Waals surface area contributed by atoms with Crippen LogP contribution in [0, 0.1) is 6.92 Å². The fraction of sp³-hybridized carbons (Fsp3) is 0.143. The van der Waals surface area contributed by atoms with Crippen LogP contribution in [0.15, 0.2) is 60.8 Å². The number of benzene rings is 2. The second-order valence-electron chi connectivity index (χ2n) is 6.25. The molecule has 0 saturated heterocycles. The van der Waals surface area contributed by atoms with Crippen molar-refractivity contribution < 1.29 is 9.53 Å². The molecule has 0 radical (unpaired) electrons. The van der Waals surface area contributed by atoms with Gasteiger partial charge >= 0.3 is 0 Å². The second kappa shape index (κ2) is 8.10. The summed E-state index contributed by atoms with van der Waals surface area (Å²) in [6.07, 6.45) is 1.13. The molecule has 2 aromatic carbocycles. The van der Waals surface area contributed by atoms with Crippen molar-refractivity contribution in [1.82, 2.24) is 4.98 Å². The Morgan fingerprint density at radius 3 is 2.74 bits per heavy atom. The molecule has 0 saturated carbocycles. The minimum Gasteiger partial charge on any atom is -0.482 e. The summed E-state index contributed by atoms with van der Waals surface area (Å²) in [5.74, 6) is 0.489. The highest BCUT2D eigenvalue weighted by Crippen LogP contribution is 2.28. The van der Waals surface area contributed by atoms with Crippen molar-refractivity contribution in [2.75, 3.05) is 11.1 Å². The van der Waals surface area contributed by atoms with Gasteiger partial charge in [-0.25, -0.2) is 4.98 Å². The Morgan fingerprint density at radius 1 is 1.19 bits per heavy atom. The van der Waals surface area contributed by atoms with Gasteiger partial charge in [-0.2, -0.15) is 0 Å². The van der Waals surface area contributed by atoms with Crippen LogP contribution in [-0.2, 0) is 0 Å². The maximum atomic E-state index is 12.6.